The molecule has 1 aliphatic carbocycles. The van der Waals surface area contributed by atoms with Crippen LogP contribution in [0.4, 0.5) is 5.13 Å². The van der Waals surface area contributed by atoms with E-state index >= 15 is 0 Å². The zero-order chi connectivity index (χ0) is 17.6. The lowest BCUT2D eigenvalue weighted by atomic mass is 10.2. The van der Waals surface area contributed by atoms with Gasteiger partial charge in [0.15, 0.2) is 5.13 Å². The molecule has 0 radical (unpaired) electrons. The Balaban J connectivity index is 1.58. The summed E-state index contributed by atoms with van der Waals surface area (Å²) in [7, 11) is 0. The third-order valence-corrected chi connectivity index (χ3v) is 5.44. The number of aryl methyl sites for hydroxylation is 3. The van der Waals surface area contributed by atoms with Crippen molar-refractivity contribution < 1.29 is 4.79 Å². The summed E-state index contributed by atoms with van der Waals surface area (Å²) >= 11 is 1.43. The third-order valence-electron chi connectivity index (χ3n) is 4.50. The Hall–Kier alpha value is -2.54. The van der Waals surface area contributed by atoms with E-state index in [0.29, 0.717) is 5.13 Å². The molecule has 1 aliphatic rings. The molecule has 0 aliphatic heterocycles. The van der Waals surface area contributed by atoms with Crippen molar-refractivity contribution in [2.24, 2.45) is 0 Å². The lowest BCUT2D eigenvalue weighted by Gasteiger charge is -2.14. The number of hydrogen-bond donors (Lipinski definition) is 1. The molecule has 3 aromatic rings. The van der Waals surface area contributed by atoms with Gasteiger partial charge >= 0.3 is 0 Å². The molecule has 25 heavy (non-hydrogen) atoms. The van der Waals surface area contributed by atoms with Crippen LogP contribution in [0, 0.1) is 6.92 Å². The summed E-state index contributed by atoms with van der Waals surface area (Å²) in [6, 6.07) is 6.89. The van der Waals surface area contributed by atoms with Crippen LogP contribution in [0.5, 0.6) is 0 Å². The number of thiazole rings is 1. The Morgan fingerprint density at radius 3 is 3.00 bits per heavy atom. The normalized spacial score (nSPS) is 14.5. The lowest BCUT2D eigenvalue weighted by Crippen LogP contribution is -2.33. The highest BCUT2D eigenvalue weighted by molar-refractivity contribution is 7.22. The van der Waals surface area contributed by atoms with E-state index in [1.807, 2.05) is 25.1 Å². The molecule has 2 aromatic heterocycles. The zero-order valence-corrected chi connectivity index (χ0v) is 14.9. The molecule has 0 saturated carbocycles. The summed E-state index contributed by atoms with van der Waals surface area (Å²) in [5.41, 5.74) is 3.70. The van der Waals surface area contributed by atoms with Crippen molar-refractivity contribution in [3.05, 3.63) is 51.4 Å². The van der Waals surface area contributed by atoms with Crippen molar-refractivity contribution in [2.45, 2.75) is 39.2 Å². The number of benzene rings is 1. The Bertz CT molecular complexity index is 1040. The van der Waals surface area contributed by atoms with Gasteiger partial charge in [0.25, 0.3) is 11.5 Å². The minimum Gasteiger partial charge on any atom is -0.300 e. The highest BCUT2D eigenvalue weighted by Crippen LogP contribution is 2.27. The topological polar surface area (TPSA) is 76.9 Å². The molecule has 0 saturated heterocycles. The Morgan fingerprint density at radius 2 is 2.16 bits per heavy atom. The van der Waals surface area contributed by atoms with Crippen molar-refractivity contribution in [1.29, 1.82) is 0 Å². The van der Waals surface area contributed by atoms with E-state index < -0.39 is 6.04 Å². The average molecular weight is 354 g/mol. The van der Waals surface area contributed by atoms with E-state index in [9.17, 15) is 9.59 Å². The monoisotopic (exact) mass is 354 g/mol. The first-order chi connectivity index (χ1) is 12.0. The number of hydrogen-bond acceptors (Lipinski definition) is 5. The van der Waals surface area contributed by atoms with Crippen molar-refractivity contribution in [1.82, 2.24) is 14.8 Å². The second-order valence-corrected chi connectivity index (χ2v) is 7.44. The molecule has 6 nitrogen and oxygen atoms in total. The fourth-order valence-corrected chi connectivity index (χ4v) is 4.07. The van der Waals surface area contributed by atoms with Gasteiger partial charge < -0.3 is 5.32 Å². The predicted molar refractivity (Wildman–Crippen MR) is 98.2 cm³/mol. The molecule has 1 amide bonds. The van der Waals surface area contributed by atoms with E-state index in [0.717, 1.165) is 46.3 Å². The molecule has 1 aromatic carbocycles. The molecular weight excluding hydrogens is 336 g/mol. The van der Waals surface area contributed by atoms with Crippen LogP contribution in [0.25, 0.3) is 10.2 Å². The van der Waals surface area contributed by atoms with Gasteiger partial charge in [0, 0.05) is 6.07 Å². The maximum atomic E-state index is 12.6. The summed E-state index contributed by atoms with van der Waals surface area (Å²) in [4.78, 5) is 29.3. The van der Waals surface area contributed by atoms with Crippen molar-refractivity contribution in [3.63, 3.8) is 0 Å². The SMILES string of the molecule is Cc1ccc2nc(NC(=O)C(C)n3nc4c(cc3=O)CCC4)sc2c1. The van der Waals surface area contributed by atoms with Crippen molar-refractivity contribution in [2.75, 3.05) is 5.32 Å². The number of aromatic nitrogens is 3. The van der Waals surface area contributed by atoms with Crippen LogP contribution in [0.2, 0.25) is 0 Å². The van der Waals surface area contributed by atoms with E-state index in [1.54, 1.807) is 13.0 Å². The van der Waals surface area contributed by atoms with Crippen LogP contribution in [0.1, 0.15) is 36.2 Å². The van der Waals surface area contributed by atoms with E-state index in [2.05, 4.69) is 15.4 Å². The maximum Gasteiger partial charge on any atom is 0.267 e. The average Bonchev–Trinajstić information content (AvgIpc) is 3.18. The summed E-state index contributed by atoms with van der Waals surface area (Å²) in [6.07, 6.45) is 2.77. The van der Waals surface area contributed by atoms with E-state index in [4.69, 9.17) is 0 Å². The van der Waals surface area contributed by atoms with Crippen LogP contribution in [-0.2, 0) is 17.6 Å². The van der Waals surface area contributed by atoms with Gasteiger partial charge in [-0.1, -0.05) is 17.4 Å². The summed E-state index contributed by atoms with van der Waals surface area (Å²) in [5, 5.41) is 7.74. The molecule has 1 unspecified atom stereocenters. The molecule has 7 heteroatoms. The van der Waals surface area contributed by atoms with Gasteiger partial charge in [-0.25, -0.2) is 9.67 Å². The molecule has 1 atom stereocenters. The van der Waals surface area contributed by atoms with Crippen molar-refractivity contribution in [3.8, 4) is 0 Å². The van der Waals surface area contributed by atoms with Crippen LogP contribution >= 0.6 is 11.3 Å². The van der Waals surface area contributed by atoms with E-state index in [-0.39, 0.29) is 11.5 Å². The van der Waals surface area contributed by atoms with Gasteiger partial charge in [-0.15, -0.1) is 0 Å². The number of fused-ring (bicyclic) bond motifs is 2. The molecule has 2 heterocycles. The fourth-order valence-electron chi connectivity index (χ4n) is 3.10. The smallest absolute Gasteiger partial charge is 0.267 e. The number of rotatable bonds is 3. The molecular formula is C18H18N4O2S. The summed E-state index contributed by atoms with van der Waals surface area (Å²) in [6.45, 7) is 3.70. The first kappa shape index (κ1) is 16.0. The van der Waals surface area contributed by atoms with Crippen molar-refractivity contribution >= 4 is 32.6 Å². The minimum atomic E-state index is -0.688. The number of nitrogens with zero attached hydrogens (tertiary/aromatic N) is 3. The molecule has 0 bridgehead atoms. The molecule has 0 spiro atoms. The zero-order valence-electron chi connectivity index (χ0n) is 14.1. The number of carbonyl (C=O) groups excluding carboxylic acids is 1. The van der Waals surface area contributed by atoms with E-state index in [1.165, 1.54) is 16.0 Å². The molecule has 128 valence electrons. The molecule has 1 N–H and O–H groups in total. The number of anilines is 1. The van der Waals surface area contributed by atoms with Crippen LogP contribution in [-0.4, -0.2) is 20.7 Å². The molecule has 4 rings (SSSR count). The standard InChI is InChI=1S/C18H18N4O2S/c1-10-6-7-14-15(8-10)25-18(19-14)20-17(24)11(2)22-16(23)9-12-4-3-5-13(12)21-22/h6-9,11H,3-5H2,1-2H3,(H,19,20,24). The second-order valence-electron chi connectivity index (χ2n) is 6.41. The Labute approximate surface area is 148 Å². The maximum absolute atomic E-state index is 12.6. The lowest BCUT2D eigenvalue weighted by molar-refractivity contribution is -0.119. The van der Waals surface area contributed by atoms with Crippen LogP contribution in [0.3, 0.4) is 0 Å². The quantitative estimate of drug-likeness (QED) is 0.785. The van der Waals surface area contributed by atoms with Gasteiger partial charge in [-0.2, -0.15) is 5.10 Å². The van der Waals surface area contributed by atoms with Gasteiger partial charge in [-0.3, -0.25) is 9.59 Å². The second kappa shape index (κ2) is 6.07. The first-order valence-corrected chi connectivity index (χ1v) is 9.12. The van der Waals surface area contributed by atoms with Gasteiger partial charge in [0.2, 0.25) is 0 Å². The van der Waals surface area contributed by atoms with Crippen LogP contribution in [0.15, 0.2) is 29.1 Å². The summed E-state index contributed by atoms with van der Waals surface area (Å²) < 4.78 is 2.30. The number of carbonyl (C=O) groups is 1. The first-order valence-electron chi connectivity index (χ1n) is 8.31. The summed E-state index contributed by atoms with van der Waals surface area (Å²) in [5.74, 6) is -0.289. The van der Waals surface area contributed by atoms with Crippen LogP contribution < -0.4 is 10.9 Å². The number of nitrogens with one attached hydrogen (secondary N) is 1. The van der Waals surface area contributed by atoms with Gasteiger partial charge in [0.1, 0.15) is 6.04 Å². The van der Waals surface area contributed by atoms with Gasteiger partial charge in [0.05, 0.1) is 15.9 Å². The molecule has 0 fully saturated rings. The highest BCUT2D eigenvalue weighted by atomic mass is 32.1. The number of amides is 1. The largest absolute Gasteiger partial charge is 0.300 e. The Morgan fingerprint density at radius 1 is 1.32 bits per heavy atom. The van der Waals surface area contributed by atoms with Gasteiger partial charge in [-0.05, 0) is 56.4 Å². The predicted octanol–water partition coefficient (Wildman–Crippen LogP) is 2.85. The highest BCUT2D eigenvalue weighted by Gasteiger charge is 2.22. The Kier molecular flexibility index (Phi) is 3.88. The fraction of sp³-hybridized carbons (Fsp3) is 0.333. The minimum absolute atomic E-state index is 0.233. The third kappa shape index (κ3) is 2.95.